The van der Waals surface area contributed by atoms with Gasteiger partial charge >= 0.3 is 0 Å². The van der Waals surface area contributed by atoms with E-state index in [1.807, 2.05) is 17.9 Å². The van der Waals surface area contributed by atoms with Crippen molar-refractivity contribution in [3.8, 4) is 5.75 Å². The molecule has 8 heteroatoms. The molecule has 0 bridgehead atoms. The summed E-state index contributed by atoms with van der Waals surface area (Å²) in [6.45, 7) is 9.12. The van der Waals surface area contributed by atoms with E-state index in [1.54, 1.807) is 36.4 Å². The first-order chi connectivity index (χ1) is 15.2. The number of rotatable bonds is 7. The normalized spacial score (nSPS) is 17.3. The Morgan fingerprint density at radius 3 is 2.56 bits per heavy atom. The van der Waals surface area contributed by atoms with Crippen LogP contribution in [0.5, 0.6) is 5.75 Å². The summed E-state index contributed by atoms with van der Waals surface area (Å²) in [5.41, 5.74) is 2.01. The van der Waals surface area contributed by atoms with Crippen LogP contribution in [0.2, 0.25) is 0 Å². The number of para-hydroxylation sites is 2. The molecule has 7 nitrogen and oxygen atoms in total. The molecule has 0 unspecified atom stereocenters. The number of nitrogens with zero attached hydrogens (tertiary/aromatic N) is 2. The van der Waals surface area contributed by atoms with Crippen LogP contribution >= 0.6 is 0 Å². The van der Waals surface area contributed by atoms with E-state index in [0.29, 0.717) is 31.1 Å². The third-order valence-corrected chi connectivity index (χ3v) is 7.51. The molecule has 2 heterocycles. The molecular formula is C24H31N3O4S. The first kappa shape index (κ1) is 22.5. The predicted octanol–water partition coefficient (Wildman–Crippen LogP) is 3.61. The number of likely N-dealkylation sites (tertiary alicyclic amines) is 1. The van der Waals surface area contributed by atoms with Crippen molar-refractivity contribution in [2.24, 2.45) is 0 Å². The van der Waals surface area contributed by atoms with Crippen molar-refractivity contribution in [3.63, 3.8) is 0 Å². The van der Waals surface area contributed by atoms with Crippen LogP contribution in [0.1, 0.15) is 39.2 Å². The van der Waals surface area contributed by atoms with E-state index in [9.17, 15) is 13.2 Å². The fraction of sp³-hybridized carbons (Fsp3) is 0.458. The first-order valence-electron chi connectivity index (χ1n) is 11.1. The van der Waals surface area contributed by atoms with Crippen molar-refractivity contribution < 1.29 is 17.9 Å². The van der Waals surface area contributed by atoms with E-state index in [-0.39, 0.29) is 16.2 Å². The molecule has 0 aromatic heterocycles. The van der Waals surface area contributed by atoms with Crippen LogP contribution in [0.4, 0.5) is 11.4 Å². The molecule has 32 heavy (non-hydrogen) atoms. The Morgan fingerprint density at radius 2 is 1.84 bits per heavy atom. The Labute approximate surface area is 190 Å². The number of hydrogen-bond donors (Lipinski definition) is 1. The Morgan fingerprint density at radius 1 is 1.12 bits per heavy atom. The van der Waals surface area contributed by atoms with E-state index >= 15 is 0 Å². The zero-order valence-electron chi connectivity index (χ0n) is 18.9. The summed E-state index contributed by atoms with van der Waals surface area (Å²) >= 11 is 0. The van der Waals surface area contributed by atoms with Gasteiger partial charge < -0.3 is 14.5 Å². The number of hydrogen-bond acceptors (Lipinski definition) is 5. The van der Waals surface area contributed by atoms with Crippen molar-refractivity contribution >= 4 is 27.3 Å². The van der Waals surface area contributed by atoms with Gasteiger partial charge in [0.05, 0.1) is 23.7 Å². The molecule has 0 atom stereocenters. The number of carbonyl (C=O) groups is 1. The number of sulfonamides is 1. The molecule has 2 aromatic rings. The monoisotopic (exact) mass is 457 g/mol. The van der Waals surface area contributed by atoms with Gasteiger partial charge in [0, 0.05) is 30.7 Å². The lowest BCUT2D eigenvalue weighted by atomic mass is 9.87. The molecule has 1 fully saturated rings. The number of anilines is 2. The molecule has 0 radical (unpaired) electrons. The van der Waals surface area contributed by atoms with Gasteiger partial charge in [0.15, 0.2) is 0 Å². The van der Waals surface area contributed by atoms with Gasteiger partial charge in [0.1, 0.15) is 5.75 Å². The van der Waals surface area contributed by atoms with Gasteiger partial charge in [-0.25, -0.2) is 8.42 Å². The maximum atomic E-state index is 13.2. The summed E-state index contributed by atoms with van der Waals surface area (Å²) in [7, 11) is -3.80. The second-order valence-corrected chi connectivity index (χ2v) is 10.7. The molecule has 4 rings (SSSR count). The number of fused-ring (bicyclic) bond motifs is 1. The van der Waals surface area contributed by atoms with Gasteiger partial charge in [-0.2, -0.15) is 0 Å². The maximum absolute atomic E-state index is 13.2. The zero-order chi connectivity index (χ0) is 22.9. The van der Waals surface area contributed by atoms with Crippen LogP contribution in [0.3, 0.4) is 0 Å². The highest BCUT2D eigenvalue weighted by molar-refractivity contribution is 7.92. The van der Waals surface area contributed by atoms with Gasteiger partial charge in [-0.1, -0.05) is 26.0 Å². The molecule has 2 aliphatic heterocycles. The molecule has 0 saturated carbocycles. The van der Waals surface area contributed by atoms with Crippen molar-refractivity contribution in [3.05, 3.63) is 48.0 Å². The van der Waals surface area contributed by atoms with Crippen LogP contribution < -0.4 is 14.4 Å². The molecule has 172 valence electrons. The molecule has 1 saturated heterocycles. The maximum Gasteiger partial charge on any atom is 0.262 e. The minimum atomic E-state index is -3.80. The second kappa shape index (κ2) is 8.65. The average molecular weight is 458 g/mol. The Kier molecular flexibility index (Phi) is 6.07. The van der Waals surface area contributed by atoms with E-state index < -0.39 is 10.0 Å². The lowest BCUT2D eigenvalue weighted by Crippen LogP contribution is -2.40. The molecule has 0 spiro atoms. The number of carbonyl (C=O) groups excluding carboxylic acids is 1. The Bertz CT molecular complexity index is 1110. The third-order valence-electron chi connectivity index (χ3n) is 6.15. The summed E-state index contributed by atoms with van der Waals surface area (Å²) in [5, 5.41) is 0. The Hall–Kier alpha value is -2.74. The van der Waals surface area contributed by atoms with Gasteiger partial charge in [-0.15, -0.1) is 0 Å². The van der Waals surface area contributed by atoms with Crippen molar-refractivity contribution in [1.29, 1.82) is 0 Å². The largest absolute Gasteiger partial charge is 0.492 e. The quantitative estimate of drug-likeness (QED) is 0.687. The topological polar surface area (TPSA) is 79.0 Å². The van der Waals surface area contributed by atoms with E-state index in [1.165, 1.54) is 0 Å². The SMILES string of the molecule is CCOc1ccccc1NS(=O)(=O)c1ccc2c(c1)C(C)(C)CN2CC(=O)N1CCCC1. The van der Waals surface area contributed by atoms with Gasteiger partial charge in [0.2, 0.25) is 5.91 Å². The highest BCUT2D eigenvalue weighted by Gasteiger charge is 2.37. The number of amides is 1. The lowest BCUT2D eigenvalue weighted by Gasteiger charge is -2.24. The first-order valence-corrected chi connectivity index (χ1v) is 12.6. The van der Waals surface area contributed by atoms with Gasteiger partial charge in [-0.3, -0.25) is 9.52 Å². The van der Waals surface area contributed by atoms with E-state index in [0.717, 1.165) is 37.2 Å². The molecule has 2 aliphatic rings. The van der Waals surface area contributed by atoms with Gasteiger partial charge in [-0.05, 0) is 55.7 Å². The van der Waals surface area contributed by atoms with Crippen LogP contribution in [0.15, 0.2) is 47.4 Å². The number of ether oxygens (including phenoxy) is 1. The minimum absolute atomic E-state index is 0.136. The van der Waals surface area contributed by atoms with Crippen LogP contribution in [0, 0.1) is 0 Å². The lowest BCUT2D eigenvalue weighted by molar-refractivity contribution is -0.128. The summed E-state index contributed by atoms with van der Waals surface area (Å²) < 4.78 is 34.5. The highest BCUT2D eigenvalue weighted by Crippen LogP contribution is 2.42. The fourth-order valence-electron chi connectivity index (χ4n) is 4.55. The highest BCUT2D eigenvalue weighted by atomic mass is 32.2. The van der Waals surface area contributed by atoms with E-state index in [2.05, 4.69) is 23.5 Å². The van der Waals surface area contributed by atoms with Crippen molar-refractivity contribution in [2.45, 2.75) is 43.9 Å². The Balaban J connectivity index is 1.59. The summed E-state index contributed by atoms with van der Waals surface area (Å²) in [6, 6.07) is 12.2. The molecule has 1 N–H and O–H groups in total. The second-order valence-electron chi connectivity index (χ2n) is 9.04. The average Bonchev–Trinajstić information content (AvgIpc) is 3.36. The minimum Gasteiger partial charge on any atom is -0.492 e. The summed E-state index contributed by atoms with van der Waals surface area (Å²) in [5.74, 6) is 0.628. The van der Waals surface area contributed by atoms with Crippen molar-refractivity contribution in [1.82, 2.24) is 4.90 Å². The van der Waals surface area contributed by atoms with Crippen LogP contribution in [0.25, 0.3) is 0 Å². The number of benzene rings is 2. The summed E-state index contributed by atoms with van der Waals surface area (Å²) in [6.07, 6.45) is 2.13. The molecule has 1 amide bonds. The standard InChI is InChI=1S/C24H31N3O4S/c1-4-31-22-10-6-5-9-20(22)25-32(29,30)18-11-12-21-19(15-18)24(2,3)17-27(21)16-23(28)26-13-7-8-14-26/h5-6,9-12,15,25H,4,7-8,13-14,16-17H2,1-3H3. The zero-order valence-corrected chi connectivity index (χ0v) is 19.7. The van der Waals surface area contributed by atoms with Gasteiger partial charge in [0.25, 0.3) is 10.0 Å². The molecule has 0 aliphatic carbocycles. The number of nitrogens with one attached hydrogen (secondary N) is 1. The molecular weight excluding hydrogens is 426 g/mol. The molecule has 2 aromatic carbocycles. The third kappa shape index (κ3) is 4.41. The fourth-order valence-corrected chi connectivity index (χ4v) is 5.65. The van der Waals surface area contributed by atoms with E-state index in [4.69, 9.17) is 4.74 Å². The summed E-state index contributed by atoms with van der Waals surface area (Å²) in [4.78, 5) is 16.9. The van der Waals surface area contributed by atoms with Crippen molar-refractivity contribution in [2.75, 3.05) is 42.4 Å². The predicted molar refractivity (Wildman–Crippen MR) is 126 cm³/mol. The van der Waals surface area contributed by atoms with Crippen LogP contribution in [-0.2, 0) is 20.2 Å². The van der Waals surface area contributed by atoms with Crippen LogP contribution in [-0.4, -0.2) is 52.0 Å². The smallest absolute Gasteiger partial charge is 0.262 e.